The van der Waals surface area contributed by atoms with Gasteiger partial charge >= 0.3 is 0 Å². The highest BCUT2D eigenvalue weighted by atomic mass is 16.3. The number of hydrogen-bond acceptors (Lipinski definition) is 2. The number of unbranched alkanes of at least 4 members (excludes halogenated alkanes) is 1. The molecule has 0 amide bonds. The van der Waals surface area contributed by atoms with Crippen LogP contribution in [0.2, 0.25) is 0 Å². The van der Waals surface area contributed by atoms with Crippen LogP contribution in [-0.4, -0.2) is 17.0 Å². The maximum Gasteiger partial charge on any atom is 0.150 e. The monoisotopic (exact) mass is 260 g/mol. The number of benzene rings is 1. The van der Waals surface area contributed by atoms with Crippen LogP contribution in [0, 0.1) is 0 Å². The van der Waals surface area contributed by atoms with E-state index < -0.39 is 5.60 Å². The van der Waals surface area contributed by atoms with Crippen LogP contribution in [-0.2, 0) is 0 Å². The van der Waals surface area contributed by atoms with Crippen molar-refractivity contribution in [3.05, 3.63) is 41.5 Å². The molecule has 19 heavy (non-hydrogen) atoms. The number of allylic oxidation sites excluding steroid dienone is 1. The third kappa shape index (κ3) is 6.35. The number of carbonyl (C=O) groups is 1. The quantitative estimate of drug-likeness (QED) is 0.710. The van der Waals surface area contributed by atoms with Gasteiger partial charge in [-0.3, -0.25) is 4.79 Å². The molecular weight excluding hydrogens is 236 g/mol. The largest absolute Gasteiger partial charge is 0.390 e. The van der Waals surface area contributed by atoms with Crippen LogP contribution in [0.15, 0.2) is 30.3 Å². The summed E-state index contributed by atoms with van der Waals surface area (Å²) in [6, 6.07) is 7.47. The highest BCUT2D eigenvalue weighted by Gasteiger charge is 2.17. The SMILES string of the molecule is CCCCC(C)(O)CC/C=C/c1ccc(C=O)cc1. The van der Waals surface area contributed by atoms with Crippen molar-refractivity contribution < 1.29 is 9.90 Å². The van der Waals surface area contributed by atoms with Crippen LogP contribution in [0.5, 0.6) is 0 Å². The first-order chi connectivity index (χ1) is 9.07. The minimum atomic E-state index is -0.554. The molecule has 104 valence electrons. The van der Waals surface area contributed by atoms with E-state index in [0.29, 0.717) is 5.56 Å². The second kappa shape index (κ2) is 7.90. The summed E-state index contributed by atoms with van der Waals surface area (Å²) in [7, 11) is 0. The van der Waals surface area contributed by atoms with Gasteiger partial charge in [0.2, 0.25) is 0 Å². The maximum absolute atomic E-state index is 10.5. The van der Waals surface area contributed by atoms with Crippen LogP contribution in [0.25, 0.3) is 6.08 Å². The average Bonchev–Trinajstić information content (AvgIpc) is 2.42. The number of carbonyl (C=O) groups excluding carboxylic acids is 1. The van der Waals surface area contributed by atoms with Crippen molar-refractivity contribution in [1.82, 2.24) is 0 Å². The van der Waals surface area contributed by atoms with Crippen molar-refractivity contribution in [3.63, 3.8) is 0 Å². The first-order valence-corrected chi connectivity index (χ1v) is 7.01. The number of rotatable bonds is 8. The molecule has 0 saturated carbocycles. The van der Waals surface area contributed by atoms with Crippen molar-refractivity contribution in [3.8, 4) is 0 Å². The lowest BCUT2D eigenvalue weighted by Gasteiger charge is -2.22. The molecule has 0 aliphatic rings. The first-order valence-electron chi connectivity index (χ1n) is 7.01. The Kier molecular flexibility index (Phi) is 6.51. The molecule has 0 aliphatic heterocycles. The zero-order chi connectivity index (χ0) is 14.1. The molecule has 1 atom stereocenters. The van der Waals surface area contributed by atoms with Gasteiger partial charge in [-0.15, -0.1) is 0 Å². The summed E-state index contributed by atoms with van der Waals surface area (Å²) >= 11 is 0. The molecule has 1 aromatic carbocycles. The predicted molar refractivity (Wildman–Crippen MR) is 80.2 cm³/mol. The average molecular weight is 260 g/mol. The summed E-state index contributed by atoms with van der Waals surface area (Å²) in [6.45, 7) is 4.05. The number of aliphatic hydroxyl groups is 1. The standard InChI is InChI=1S/C17H24O2/c1-3-4-12-17(2,19)13-6-5-7-15-8-10-16(14-18)11-9-15/h5,7-11,14,19H,3-4,6,12-13H2,1-2H3/b7-5+. The smallest absolute Gasteiger partial charge is 0.150 e. The molecule has 2 heteroatoms. The fourth-order valence-corrected chi connectivity index (χ4v) is 1.98. The molecule has 1 unspecified atom stereocenters. The molecule has 0 radical (unpaired) electrons. The summed E-state index contributed by atoms with van der Waals surface area (Å²) < 4.78 is 0. The summed E-state index contributed by atoms with van der Waals surface area (Å²) in [5, 5.41) is 10.1. The van der Waals surface area contributed by atoms with Crippen LogP contribution >= 0.6 is 0 Å². The van der Waals surface area contributed by atoms with E-state index in [4.69, 9.17) is 0 Å². The van der Waals surface area contributed by atoms with E-state index in [1.165, 1.54) is 0 Å². The van der Waals surface area contributed by atoms with E-state index in [1.807, 2.05) is 37.3 Å². The summed E-state index contributed by atoms with van der Waals surface area (Å²) in [6.07, 6.45) is 9.67. The van der Waals surface area contributed by atoms with Gasteiger partial charge in [0, 0.05) is 5.56 Å². The van der Waals surface area contributed by atoms with Crippen molar-refractivity contribution in [1.29, 1.82) is 0 Å². The normalized spacial score (nSPS) is 14.5. The first kappa shape index (κ1) is 15.6. The molecule has 0 heterocycles. The van der Waals surface area contributed by atoms with Crippen molar-refractivity contribution >= 4 is 12.4 Å². The van der Waals surface area contributed by atoms with Gasteiger partial charge in [0.25, 0.3) is 0 Å². The lowest BCUT2D eigenvalue weighted by molar-refractivity contribution is 0.0408. The minimum absolute atomic E-state index is 0.554. The molecule has 1 N–H and O–H groups in total. The van der Waals surface area contributed by atoms with Crippen molar-refractivity contribution in [2.45, 2.75) is 51.6 Å². The fraction of sp³-hybridized carbons (Fsp3) is 0.471. The topological polar surface area (TPSA) is 37.3 Å². The molecule has 0 spiro atoms. The zero-order valence-electron chi connectivity index (χ0n) is 11.9. The Morgan fingerprint density at radius 1 is 1.16 bits per heavy atom. The zero-order valence-corrected chi connectivity index (χ0v) is 11.9. The molecular formula is C17H24O2. The molecule has 0 aliphatic carbocycles. The van der Waals surface area contributed by atoms with E-state index in [9.17, 15) is 9.90 Å². The lowest BCUT2D eigenvalue weighted by Crippen LogP contribution is -2.23. The van der Waals surface area contributed by atoms with Gasteiger partial charge in [-0.25, -0.2) is 0 Å². The van der Waals surface area contributed by atoms with Crippen LogP contribution in [0.3, 0.4) is 0 Å². The highest BCUT2D eigenvalue weighted by molar-refractivity contribution is 5.75. The predicted octanol–water partition coefficient (Wildman–Crippen LogP) is 4.23. The van der Waals surface area contributed by atoms with E-state index in [-0.39, 0.29) is 0 Å². The van der Waals surface area contributed by atoms with Crippen molar-refractivity contribution in [2.75, 3.05) is 0 Å². The number of aldehydes is 1. The Labute approximate surface area is 116 Å². The molecule has 0 bridgehead atoms. The van der Waals surface area contributed by atoms with Crippen LogP contribution < -0.4 is 0 Å². The summed E-state index contributed by atoms with van der Waals surface area (Å²) in [5.41, 5.74) is 1.22. The fourth-order valence-electron chi connectivity index (χ4n) is 1.98. The third-order valence-electron chi connectivity index (χ3n) is 3.30. The molecule has 0 aromatic heterocycles. The Bertz CT molecular complexity index is 402. The molecule has 0 saturated heterocycles. The summed E-state index contributed by atoms with van der Waals surface area (Å²) in [4.78, 5) is 10.5. The maximum atomic E-state index is 10.5. The van der Waals surface area contributed by atoms with Gasteiger partial charge in [0.05, 0.1) is 5.60 Å². The Morgan fingerprint density at radius 3 is 2.37 bits per heavy atom. The molecule has 0 fully saturated rings. The minimum Gasteiger partial charge on any atom is -0.390 e. The Balaban J connectivity index is 2.38. The third-order valence-corrected chi connectivity index (χ3v) is 3.30. The summed E-state index contributed by atoms with van der Waals surface area (Å²) in [5.74, 6) is 0. The highest BCUT2D eigenvalue weighted by Crippen LogP contribution is 2.20. The van der Waals surface area contributed by atoms with E-state index in [1.54, 1.807) is 0 Å². The van der Waals surface area contributed by atoms with E-state index in [2.05, 4.69) is 13.0 Å². The molecule has 1 aromatic rings. The van der Waals surface area contributed by atoms with E-state index in [0.717, 1.165) is 44.0 Å². The van der Waals surface area contributed by atoms with Gasteiger partial charge in [-0.05, 0) is 31.7 Å². The second-order valence-electron chi connectivity index (χ2n) is 5.33. The van der Waals surface area contributed by atoms with E-state index >= 15 is 0 Å². The van der Waals surface area contributed by atoms with Gasteiger partial charge in [-0.2, -0.15) is 0 Å². The Hall–Kier alpha value is -1.41. The van der Waals surface area contributed by atoms with Gasteiger partial charge < -0.3 is 5.11 Å². The Morgan fingerprint density at radius 2 is 1.79 bits per heavy atom. The molecule has 1 rings (SSSR count). The lowest BCUT2D eigenvalue weighted by atomic mass is 9.93. The van der Waals surface area contributed by atoms with Gasteiger partial charge in [-0.1, -0.05) is 56.2 Å². The second-order valence-corrected chi connectivity index (χ2v) is 5.33. The van der Waals surface area contributed by atoms with Crippen LogP contribution in [0.1, 0.15) is 61.9 Å². The van der Waals surface area contributed by atoms with Gasteiger partial charge in [0.1, 0.15) is 6.29 Å². The number of hydrogen-bond donors (Lipinski definition) is 1. The van der Waals surface area contributed by atoms with Gasteiger partial charge in [0.15, 0.2) is 0 Å². The molecule has 2 nitrogen and oxygen atoms in total. The van der Waals surface area contributed by atoms with Crippen LogP contribution in [0.4, 0.5) is 0 Å². The van der Waals surface area contributed by atoms with Crippen molar-refractivity contribution in [2.24, 2.45) is 0 Å².